The van der Waals surface area contributed by atoms with E-state index >= 15 is 0 Å². The average molecular weight is 298 g/mol. The second-order valence-electron chi connectivity index (χ2n) is 5.24. The van der Waals surface area contributed by atoms with Gasteiger partial charge in [0.15, 0.2) is 0 Å². The van der Waals surface area contributed by atoms with Gasteiger partial charge in [0.1, 0.15) is 17.6 Å². The first kappa shape index (κ1) is 15.6. The fourth-order valence-electron chi connectivity index (χ4n) is 2.45. The summed E-state index contributed by atoms with van der Waals surface area (Å²) < 4.78 is 36.9. The van der Waals surface area contributed by atoms with E-state index < -0.39 is 12.7 Å². The number of hydrogen-bond donors (Lipinski definition) is 1. The quantitative estimate of drug-likeness (QED) is 0.928. The molecule has 4 nitrogen and oxygen atoms in total. The molecule has 0 spiro atoms. The van der Waals surface area contributed by atoms with E-state index in [2.05, 4.69) is 10.3 Å². The second kappa shape index (κ2) is 6.76. The van der Waals surface area contributed by atoms with Crippen molar-refractivity contribution in [2.24, 2.45) is 5.92 Å². The van der Waals surface area contributed by atoms with Crippen LogP contribution in [-0.2, 0) is 0 Å². The summed E-state index contributed by atoms with van der Waals surface area (Å²) in [6, 6.07) is 7.12. The molecular weight excluding hydrogens is 281 g/mol. The number of nitrogens with one attached hydrogen (secondary N) is 1. The molecule has 1 N–H and O–H groups in total. The van der Waals surface area contributed by atoms with Crippen molar-refractivity contribution < 1.29 is 13.2 Å². The van der Waals surface area contributed by atoms with E-state index in [0.29, 0.717) is 37.1 Å². The normalized spacial score (nSPS) is 17.4. The van der Waals surface area contributed by atoms with Crippen molar-refractivity contribution in [2.75, 3.05) is 31.5 Å². The lowest BCUT2D eigenvalue weighted by molar-refractivity contribution is -0.148. The van der Waals surface area contributed by atoms with Crippen LogP contribution in [0.5, 0.6) is 0 Å². The van der Waals surface area contributed by atoms with Gasteiger partial charge in [-0.3, -0.25) is 4.90 Å². The van der Waals surface area contributed by atoms with E-state index in [-0.39, 0.29) is 0 Å². The van der Waals surface area contributed by atoms with Crippen molar-refractivity contribution in [1.82, 2.24) is 9.88 Å². The van der Waals surface area contributed by atoms with E-state index in [1.165, 1.54) is 4.90 Å². The summed E-state index contributed by atoms with van der Waals surface area (Å²) in [5.74, 6) is 0.966. The minimum Gasteiger partial charge on any atom is -0.370 e. The molecule has 2 heterocycles. The molecule has 1 saturated heterocycles. The molecule has 2 rings (SSSR count). The highest BCUT2D eigenvalue weighted by Crippen LogP contribution is 2.22. The van der Waals surface area contributed by atoms with E-state index in [0.717, 1.165) is 12.8 Å². The molecule has 1 aromatic heterocycles. The topological polar surface area (TPSA) is 52.0 Å². The molecule has 1 aliphatic heterocycles. The monoisotopic (exact) mass is 298 g/mol. The van der Waals surface area contributed by atoms with Crippen molar-refractivity contribution in [3.8, 4) is 6.07 Å². The molecule has 1 aliphatic rings. The van der Waals surface area contributed by atoms with Gasteiger partial charge in [0.25, 0.3) is 0 Å². The number of halogens is 3. The van der Waals surface area contributed by atoms with Gasteiger partial charge in [0, 0.05) is 6.54 Å². The Hall–Kier alpha value is -1.81. The lowest BCUT2D eigenvalue weighted by Crippen LogP contribution is -2.41. The SMILES string of the molecule is N#Cc1cccc(NCC2CCN(CC(F)(F)F)CC2)n1. The molecule has 7 heteroatoms. The van der Waals surface area contributed by atoms with Crippen LogP contribution in [0, 0.1) is 17.2 Å². The Balaban J connectivity index is 1.75. The van der Waals surface area contributed by atoms with Gasteiger partial charge in [-0.05, 0) is 44.0 Å². The number of rotatable bonds is 4. The zero-order valence-corrected chi connectivity index (χ0v) is 11.5. The predicted octanol–water partition coefficient (Wildman–Crippen LogP) is 2.64. The van der Waals surface area contributed by atoms with Crippen molar-refractivity contribution in [3.63, 3.8) is 0 Å². The van der Waals surface area contributed by atoms with Gasteiger partial charge in [-0.15, -0.1) is 0 Å². The fraction of sp³-hybridized carbons (Fsp3) is 0.571. The summed E-state index contributed by atoms with van der Waals surface area (Å²) in [7, 11) is 0. The zero-order chi connectivity index (χ0) is 15.3. The Labute approximate surface area is 121 Å². The molecule has 0 bridgehead atoms. The number of alkyl halides is 3. The lowest BCUT2D eigenvalue weighted by Gasteiger charge is -2.32. The highest BCUT2D eigenvalue weighted by atomic mass is 19.4. The minimum absolute atomic E-state index is 0.335. The predicted molar refractivity (Wildman–Crippen MR) is 72.7 cm³/mol. The molecule has 0 saturated carbocycles. The van der Waals surface area contributed by atoms with Crippen molar-refractivity contribution in [1.29, 1.82) is 5.26 Å². The lowest BCUT2D eigenvalue weighted by atomic mass is 9.97. The highest BCUT2D eigenvalue weighted by Gasteiger charge is 2.32. The van der Waals surface area contributed by atoms with Gasteiger partial charge in [-0.25, -0.2) is 4.98 Å². The van der Waals surface area contributed by atoms with E-state index in [4.69, 9.17) is 5.26 Å². The number of nitrogens with zero attached hydrogens (tertiary/aromatic N) is 3. The van der Waals surface area contributed by atoms with Crippen molar-refractivity contribution >= 4 is 5.82 Å². The van der Waals surface area contributed by atoms with Crippen LogP contribution in [0.4, 0.5) is 19.0 Å². The van der Waals surface area contributed by atoms with Gasteiger partial charge in [0.2, 0.25) is 0 Å². The smallest absolute Gasteiger partial charge is 0.370 e. The minimum atomic E-state index is -4.12. The number of anilines is 1. The maximum absolute atomic E-state index is 12.3. The summed E-state index contributed by atoms with van der Waals surface area (Å²) in [4.78, 5) is 5.56. The third-order valence-electron chi connectivity index (χ3n) is 3.55. The van der Waals surface area contributed by atoms with E-state index in [1.54, 1.807) is 18.2 Å². The Kier molecular flexibility index (Phi) is 5.02. The number of piperidine rings is 1. The molecule has 0 aromatic carbocycles. The van der Waals surface area contributed by atoms with Gasteiger partial charge >= 0.3 is 6.18 Å². The van der Waals surface area contributed by atoms with Gasteiger partial charge in [0.05, 0.1) is 6.54 Å². The molecule has 0 atom stereocenters. The van der Waals surface area contributed by atoms with E-state index in [9.17, 15) is 13.2 Å². The van der Waals surface area contributed by atoms with Crippen LogP contribution in [0.25, 0.3) is 0 Å². The standard InChI is InChI=1S/C14H17F3N4/c15-14(16,17)10-21-6-4-11(5-7-21)9-19-13-3-1-2-12(8-18)20-13/h1-3,11H,4-7,9-10H2,(H,19,20). The number of pyridine rings is 1. The second-order valence-corrected chi connectivity index (χ2v) is 5.24. The number of aromatic nitrogens is 1. The Morgan fingerprint density at radius 3 is 2.67 bits per heavy atom. The third-order valence-corrected chi connectivity index (χ3v) is 3.55. The van der Waals surface area contributed by atoms with Gasteiger partial charge in [-0.1, -0.05) is 6.07 Å². The van der Waals surface area contributed by atoms with Gasteiger partial charge in [-0.2, -0.15) is 18.4 Å². The van der Waals surface area contributed by atoms with Crippen LogP contribution < -0.4 is 5.32 Å². The highest BCUT2D eigenvalue weighted by molar-refractivity contribution is 5.38. The molecule has 1 fully saturated rings. The summed E-state index contributed by atoms with van der Waals surface area (Å²) in [6.07, 6.45) is -2.64. The molecule has 0 aliphatic carbocycles. The van der Waals surface area contributed by atoms with Gasteiger partial charge < -0.3 is 5.32 Å². The number of hydrogen-bond acceptors (Lipinski definition) is 4. The molecule has 0 radical (unpaired) electrons. The molecule has 21 heavy (non-hydrogen) atoms. The van der Waals surface area contributed by atoms with Crippen LogP contribution in [0.3, 0.4) is 0 Å². The van der Waals surface area contributed by atoms with Crippen molar-refractivity contribution in [2.45, 2.75) is 19.0 Å². The number of likely N-dealkylation sites (tertiary alicyclic amines) is 1. The third kappa shape index (κ3) is 5.23. The summed E-state index contributed by atoms with van der Waals surface area (Å²) in [5, 5.41) is 11.9. The summed E-state index contributed by atoms with van der Waals surface area (Å²) in [5.41, 5.74) is 0.347. The zero-order valence-electron chi connectivity index (χ0n) is 11.5. The molecule has 1 aromatic rings. The van der Waals surface area contributed by atoms with Crippen molar-refractivity contribution in [3.05, 3.63) is 23.9 Å². The van der Waals surface area contributed by atoms with Crippen LogP contribution in [-0.4, -0.2) is 42.2 Å². The molecule has 0 unspecified atom stereocenters. The average Bonchev–Trinajstić information content (AvgIpc) is 2.45. The van der Waals surface area contributed by atoms with Crippen LogP contribution >= 0.6 is 0 Å². The largest absolute Gasteiger partial charge is 0.401 e. The number of nitriles is 1. The maximum Gasteiger partial charge on any atom is 0.401 e. The summed E-state index contributed by atoms with van der Waals surface area (Å²) >= 11 is 0. The summed E-state index contributed by atoms with van der Waals surface area (Å²) in [6.45, 7) is 0.787. The Morgan fingerprint density at radius 1 is 1.33 bits per heavy atom. The van der Waals surface area contributed by atoms with Crippen LogP contribution in [0.15, 0.2) is 18.2 Å². The molecule has 114 valence electrons. The first-order valence-corrected chi connectivity index (χ1v) is 6.86. The van der Waals surface area contributed by atoms with Crippen LogP contribution in [0.2, 0.25) is 0 Å². The molecular formula is C14H17F3N4. The Morgan fingerprint density at radius 2 is 2.05 bits per heavy atom. The first-order chi connectivity index (χ1) is 9.96. The van der Waals surface area contributed by atoms with Crippen LogP contribution in [0.1, 0.15) is 18.5 Å². The Bertz CT molecular complexity index is 502. The fourth-order valence-corrected chi connectivity index (χ4v) is 2.45. The van der Waals surface area contributed by atoms with E-state index in [1.807, 2.05) is 6.07 Å². The molecule has 0 amide bonds. The first-order valence-electron chi connectivity index (χ1n) is 6.86. The maximum atomic E-state index is 12.3.